The smallest absolute Gasteiger partial charge is 0.308 e. The summed E-state index contributed by atoms with van der Waals surface area (Å²) in [6.45, 7) is 0. The molecule has 0 radical (unpaired) electrons. The fraction of sp³-hybridized carbons (Fsp3) is 0.455. The van der Waals surface area contributed by atoms with Crippen molar-refractivity contribution in [1.82, 2.24) is 4.98 Å². The molecule has 2 rings (SSSR count). The van der Waals surface area contributed by atoms with Crippen LogP contribution in [0.1, 0.15) is 18.4 Å². The SMILES string of the molecule is COC(=O)C1CC(O)(c2cncc(Cl)c2Br)C1. The summed E-state index contributed by atoms with van der Waals surface area (Å²) in [5.41, 5.74) is -0.430. The van der Waals surface area contributed by atoms with E-state index in [0.29, 0.717) is 27.9 Å². The second kappa shape index (κ2) is 4.55. The number of hydrogen-bond donors (Lipinski definition) is 1. The van der Waals surface area contributed by atoms with Crippen LogP contribution in [-0.4, -0.2) is 23.2 Å². The van der Waals surface area contributed by atoms with Crippen molar-refractivity contribution in [2.75, 3.05) is 7.11 Å². The van der Waals surface area contributed by atoms with Gasteiger partial charge in [-0.3, -0.25) is 9.78 Å². The molecule has 1 aliphatic carbocycles. The molecule has 0 saturated heterocycles. The third-order valence-electron chi connectivity index (χ3n) is 3.04. The Morgan fingerprint density at radius 1 is 1.65 bits per heavy atom. The zero-order valence-electron chi connectivity index (χ0n) is 9.11. The predicted molar refractivity (Wildman–Crippen MR) is 65.6 cm³/mol. The first-order valence-corrected chi connectivity index (χ1v) is 6.25. The van der Waals surface area contributed by atoms with Gasteiger partial charge in [-0.05, 0) is 28.8 Å². The van der Waals surface area contributed by atoms with E-state index in [9.17, 15) is 9.90 Å². The number of rotatable bonds is 2. The van der Waals surface area contributed by atoms with Crippen molar-refractivity contribution in [2.24, 2.45) is 5.92 Å². The normalized spacial score (nSPS) is 27.4. The van der Waals surface area contributed by atoms with Gasteiger partial charge in [-0.15, -0.1) is 0 Å². The molecular weight excluding hydrogens is 309 g/mol. The van der Waals surface area contributed by atoms with Crippen LogP contribution in [0.5, 0.6) is 0 Å². The topological polar surface area (TPSA) is 59.4 Å². The lowest BCUT2D eigenvalue weighted by Crippen LogP contribution is -2.45. The molecule has 0 atom stereocenters. The molecule has 1 saturated carbocycles. The molecule has 0 aromatic carbocycles. The molecule has 6 heteroatoms. The third kappa shape index (κ3) is 2.19. The molecule has 4 nitrogen and oxygen atoms in total. The number of aliphatic hydroxyl groups is 1. The van der Waals surface area contributed by atoms with Crippen molar-refractivity contribution in [2.45, 2.75) is 18.4 Å². The Morgan fingerprint density at radius 3 is 2.88 bits per heavy atom. The summed E-state index contributed by atoms with van der Waals surface area (Å²) in [5.74, 6) is -0.545. The molecule has 17 heavy (non-hydrogen) atoms. The maximum atomic E-state index is 11.3. The molecule has 92 valence electrons. The van der Waals surface area contributed by atoms with Crippen LogP contribution in [0, 0.1) is 5.92 Å². The van der Waals surface area contributed by atoms with Crippen molar-refractivity contribution in [3.05, 3.63) is 27.5 Å². The molecule has 1 aromatic rings. The highest BCUT2D eigenvalue weighted by Gasteiger charge is 2.49. The second-order valence-corrected chi connectivity index (χ2v) is 5.34. The van der Waals surface area contributed by atoms with Crippen LogP contribution in [-0.2, 0) is 15.1 Å². The Kier molecular flexibility index (Phi) is 3.43. The second-order valence-electron chi connectivity index (χ2n) is 4.14. The zero-order chi connectivity index (χ0) is 12.6. The van der Waals surface area contributed by atoms with E-state index in [2.05, 4.69) is 25.7 Å². The summed E-state index contributed by atoms with van der Waals surface area (Å²) in [5, 5.41) is 10.8. The van der Waals surface area contributed by atoms with E-state index in [4.69, 9.17) is 11.6 Å². The van der Waals surface area contributed by atoms with E-state index in [-0.39, 0.29) is 11.9 Å². The standard InChI is InChI=1S/C11H11BrClNO3/c1-17-10(15)6-2-11(16,3-6)7-4-14-5-8(13)9(7)12/h4-6,16H,2-3H2,1H3. The number of ether oxygens (including phenoxy) is 1. The van der Waals surface area contributed by atoms with Crippen LogP contribution < -0.4 is 0 Å². The van der Waals surface area contributed by atoms with Gasteiger partial charge in [0.1, 0.15) is 0 Å². The first kappa shape index (κ1) is 12.8. The van der Waals surface area contributed by atoms with Gasteiger partial charge in [0.2, 0.25) is 0 Å². The van der Waals surface area contributed by atoms with E-state index in [1.807, 2.05) is 0 Å². The van der Waals surface area contributed by atoms with Gasteiger partial charge < -0.3 is 9.84 Å². The maximum absolute atomic E-state index is 11.3. The number of methoxy groups -OCH3 is 1. The predicted octanol–water partition coefficient (Wildman–Crippen LogP) is 2.27. The number of carbonyl (C=O) groups is 1. The van der Waals surface area contributed by atoms with Crippen molar-refractivity contribution in [3.8, 4) is 0 Å². The fourth-order valence-corrected chi connectivity index (χ4v) is 2.78. The molecule has 0 bridgehead atoms. The van der Waals surface area contributed by atoms with Crippen LogP contribution in [0.15, 0.2) is 16.9 Å². The maximum Gasteiger partial charge on any atom is 0.308 e. The Bertz CT molecular complexity index is 460. The van der Waals surface area contributed by atoms with Gasteiger partial charge >= 0.3 is 5.97 Å². The Labute approximate surface area is 112 Å². The number of nitrogens with zero attached hydrogens (tertiary/aromatic N) is 1. The van der Waals surface area contributed by atoms with Crippen LogP contribution >= 0.6 is 27.5 Å². The number of halogens is 2. The highest BCUT2D eigenvalue weighted by Crippen LogP contribution is 2.48. The molecule has 0 spiro atoms. The van der Waals surface area contributed by atoms with E-state index in [1.54, 1.807) is 6.20 Å². The van der Waals surface area contributed by atoms with E-state index < -0.39 is 5.60 Å². The fourth-order valence-electron chi connectivity index (χ4n) is 2.05. The van der Waals surface area contributed by atoms with Crippen molar-refractivity contribution in [1.29, 1.82) is 0 Å². The van der Waals surface area contributed by atoms with Crippen LogP contribution in [0.4, 0.5) is 0 Å². The van der Waals surface area contributed by atoms with Crippen molar-refractivity contribution in [3.63, 3.8) is 0 Å². The lowest BCUT2D eigenvalue weighted by Gasteiger charge is -2.42. The average molecular weight is 321 g/mol. The summed E-state index contributed by atoms with van der Waals surface area (Å²) < 4.78 is 5.26. The molecule has 0 unspecified atom stereocenters. The minimum Gasteiger partial charge on any atom is -0.469 e. The number of carbonyl (C=O) groups excluding carboxylic acids is 1. The Balaban J connectivity index is 2.20. The molecule has 1 heterocycles. The quantitative estimate of drug-likeness (QED) is 0.849. The largest absolute Gasteiger partial charge is 0.469 e. The van der Waals surface area contributed by atoms with Gasteiger partial charge in [-0.25, -0.2) is 0 Å². The van der Waals surface area contributed by atoms with Gasteiger partial charge in [0, 0.05) is 22.4 Å². The molecule has 1 aromatic heterocycles. The number of esters is 1. The Hall–Kier alpha value is -0.650. The van der Waals surface area contributed by atoms with Gasteiger partial charge in [0.05, 0.1) is 23.7 Å². The van der Waals surface area contributed by atoms with Gasteiger partial charge in [-0.2, -0.15) is 0 Å². The number of aromatic nitrogens is 1. The summed E-state index contributed by atoms with van der Waals surface area (Å²) in [4.78, 5) is 15.2. The molecular formula is C11H11BrClNO3. The van der Waals surface area contributed by atoms with Crippen molar-refractivity contribution >= 4 is 33.5 Å². The molecule has 1 fully saturated rings. The minimum absolute atomic E-state index is 0.254. The Morgan fingerprint density at radius 2 is 2.29 bits per heavy atom. The van der Waals surface area contributed by atoms with Crippen molar-refractivity contribution < 1.29 is 14.6 Å². The van der Waals surface area contributed by atoms with Crippen LogP contribution in [0.2, 0.25) is 5.02 Å². The van der Waals surface area contributed by atoms with Crippen LogP contribution in [0.3, 0.4) is 0 Å². The zero-order valence-corrected chi connectivity index (χ0v) is 11.5. The monoisotopic (exact) mass is 319 g/mol. The van der Waals surface area contributed by atoms with E-state index >= 15 is 0 Å². The molecule has 1 aliphatic rings. The molecule has 0 amide bonds. The summed E-state index contributed by atoms with van der Waals surface area (Å²) >= 11 is 9.23. The van der Waals surface area contributed by atoms with Gasteiger partial charge in [-0.1, -0.05) is 11.6 Å². The van der Waals surface area contributed by atoms with E-state index in [1.165, 1.54) is 13.3 Å². The van der Waals surface area contributed by atoms with Crippen LogP contribution in [0.25, 0.3) is 0 Å². The lowest BCUT2D eigenvalue weighted by atomic mass is 9.68. The highest BCUT2D eigenvalue weighted by atomic mass is 79.9. The number of pyridine rings is 1. The first-order valence-electron chi connectivity index (χ1n) is 5.07. The average Bonchev–Trinajstić information content (AvgIpc) is 2.27. The molecule has 1 N–H and O–H groups in total. The van der Waals surface area contributed by atoms with Gasteiger partial charge in [0.15, 0.2) is 0 Å². The summed E-state index contributed by atoms with van der Waals surface area (Å²) in [7, 11) is 1.34. The highest BCUT2D eigenvalue weighted by molar-refractivity contribution is 9.10. The number of hydrogen-bond acceptors (Lipinski definition) is 4. The summed E-state index contributed by atoms with van der Waals surface area (Å²) in [6, 6.07) is 0. The van der Waals surface area contributed by atoms with Gasteiger partial charge in [0.25, 0.3) is 0 Å². The lowest BCUT2D eigenvalue weighted by molar-refractivity contribution is -0.163. The summed E-state index contributed by atoms with van der Waals surface area (Å²) in [6.07, 6.45) is 3.72. The van der Waals surface area contributed by atoms with E-state index in [0.717, 1.165) is 0 Å². The first-order chi connectivity index (χ1) is 7.98. The molecule has 0 aliphatic heterocycles. The third-order valence-corrected chi connectivity index (χ3v) is 4.41. The minimum atomic E-state index is -1.05.